The molecule has 2 N–H and O–H groups in total. The second kappa shape index (κ2) is 3.37. The van der Waals surface area contributed by atoms with E-state index in [1.165, 1.54) is 0 Å². The van der Waals surface area contributed by atoms with Crippen molar-refractivity contribution >= 4 is 17.0 Å². The van der Waals surface area contributed by atoms with Gasteiger partial charge in [-0.1, -0.05) is 20.8 Å². The van der Waals surface area contributed by atoms with Gasteiger partial charge in [0.25, 0.3) is 0 Å². The molecule has 0 radical (unpaired) electrons. The van der Waals surface area contributed by atoms with Crippen LogP contribution in [0.1, 0.15) is 32.3 Å². The van der Waals surface area contributed by atoms with E-state index in [1.54, 1.807) is 13.1 Å². The molecule has 0 aromatic carbocycles. The second-order valence-corrected chi connectivity index (χ2v) is 4.83. The minimum atomic E-state index is -0.0570. The molecule has 0 amide bonds. The molecule has 0 aliphatic rings. The lowest BCUT2D eigenvalue weighted by molar-refractivity contribution is 0.568. The molecule has 2 aromatic rings. The van der Waals surface area contributed by atoms with Crippen molar-refractivity contribution in [1.29, 1.82) is 0 Å². The number of anilines is 1. The van der Waals surface area contributed by atoms with Gasteiger partial charge in [0, 0.05) is 5.41 Å². The van der Waals surface area contributed by atoms with E-state index in [-0.39, 0.29) is 5.41 Å². The fourth-order valence-electron chi connectivity index (χ4n) is 1.40. The van der Waals surface area contributed by atoms with Gasteiger partial charge in [-0.25, -0.2) is 19.9 Å². The van der Waals surface area contributed by atoms with Crippen LogP contribution in [0.25, 0.3) is 11.2 Å². The summed E-state index contributed by atoms with van der Waals surface area (Å²) < 4.78 is 0. The molecule has 0 bridgehead atoms. The van der Waals surface area contributed by atoms with Crippen LogP contribution in [0.4, 0.5) is 5.82 Å². The lowest BCUT2D eigenvalue weighted by Crippen LogP contribution is -2.15. The molecule has 16 heavy (non-hydrogen) atoms. The van der Waals surface area contributed by atoms with E-state index in [0.717, 1.165) is 5.69 Å². The summed E-state index contributed by atoms with van der Waals surface area (Å²) in [4.78, 5) is 17.0. The number of aromatic nitrogens is 4. The van der Waals surface area contributed by atoms with Crippen molar-refractivity contribution in [1.82, 2.24) is 19.9 Å². The first-order chi connectivity index (χ1) is 7.38. The Morgan fingerprint density at radius 3 is 2.44 bits per heavy atom. The van der Waals surface area contributed by atoms with Crippen LogP contribution in [0, 0.1) is 6.92 Å². The third kappa shape index (κ3) is 1.80. The van der Waals surface area contributed by atoms with Gasteiger partial charge in [0.15, 0.2) is 17.0 Å². The minimum absolute atomic E-state index is 0.0570. The van der Waals surface area contributed by atoms with E-state index in [0.29, 0.717) is 22.8 Å². The minimum Gasteiger partial charge on any atom is -0.382 e. The first-order valence-corrected chi connectivity index (χ1v) is 5.15. The Morgan fingerprint density at radius 2 is 1.81 bits per heavy atom. The normalized spacial score (nSPS) is 12.0. The zero-order valence-corrected chi connectivity index (χ0v) is 9.94. The Kier molecular flexibility index (Phi) is 2.26. The molecule has 2 aromatic heterocycles. The maximum absolute atomic E-state index is 5.82. The van der Waals surface area contributed by atoms with Crippen molar-refractivity contribution in [3.63, 3.8) is 0 Å². The van der Waals surface area contributed by atoms with E-state index < -0.39 is 0 Å². The number of hydrogen-bond acceptors (Lipinski definition) is 5. The molecule has 0 aliphatic heterocycles. The maximum Gasteiger partial charge on any atom is 0.183 e. The molecule has 0 atom stereocenters. The Hall–Kier alpha value is -1.78. The molecule has 5 heteroatoms. The zero-order chi connectivity index (χ0) is 11.9. The van der Waals surface area contributed by atoms with E-state index in [4.69, 9.17) is 5.73 Å². The summed E-state index contributed by atoms with van der Waals surface area (Å²) in [5.41, 5.74) is 7.78. The predicted molar refractivity (Wildman–Crippen MR) is 63.0 cm³/mol. The average Bonchev–Trinajstić information content (AvgIpc) is 2.15. The fraction of sp³-hybridized carbons (Fsp3) is 0.455. The summed E-state index contributed by atoms with van der Waals surface area (Å²) in [5.74, 6) is 1.00. The SMILES string of the molecule is Cc1nc(N)c2nc(C(C)(C)C)cnc2n1. The zero-order valence-electron chi connectivity index (χ0n) is 9.94. The number of aryl methyl sites for hydroxylation is 1. The Morgan fingerprint density at radius 1 is 1.12 bits per heavy atom. The van der Waals surface area contributed by atoms with Crippen LogP contribution >= 0.6 is 0 Å². The van der Waals surface area contributed by atoms with Crippen LogP contribution in [-0.4, -0.2) is 19.9 Å². The molecule has 2 rings (SSSR count). The molecule has 5 nitrogen and oxygen atoms in total. The van der Waals surface area contributed by atoms with Crippen LogP contribution < -0.4 is 5.73 Å². The molecule has 0 saturated carbocycles. The van der Waals surface area contributed by atoms with E-state index in [1.807, 2.05) is 0 Å². The molecule has 0 aliphatic carbocycles. The lowest BCUT2D eigenvalue weighted by atomic mass is 9.93. The highest BCUT2D eigenvalue weighted by molar-refractivity contribution is 5.80. The van der Waals surface area contributed by atoms with Crippen LogP contribution in [0.2, 0.25) is 0 Å². The molecule has 84 valence electrons. The van der Waals surface area contributed by atoms with Gasteiger partial charge in [0.2, 0.25) is 0 Å². The lowest BCUT2D eigenvalue weighted by Gasteiger charge is -2.17. The molecule has 0 saturated heterocycles. The van der Waals surface area contributed by atoms with Gasteiger partial charge in [-0.3, -0.25) is 0 Å². The third-order valence-electron chi connectivity index (χ3n) is 2.31. The molecule has 0 fully saturated rings. The van der Waals surface area contributed by atoms with E-state index in [2.05, 4.69) is 40.7 Å². The molecule has 0 unspecified atom stereocenters. The molecule has 0 spiro atoms. The van der Waals surface area contributed by atoms with Gasteiger partial charge in [-0.15, -0.1) is 0 Å². The topological polar surface area (TPSA) is 77.6 Å². The largest absolute Gasteiger partial charge is 0.382 e. The van der Waals surface area contributed by atoms with Crippen molar-refractivity contribution in [2.45, 2.75) is 33.1 Å². The monoisotopic (exact) mass is 217 g/mol. The van der Waals surface area contributed by atoms with Crippen LogP contribution in [0.3, 0.4) is 0 Å². The molecular weight excluding hydrogens is 202 g/mol. The van der Waals surface area contributed by atoms with E-state index in [9.17, 15) is 0 Å². The van der Waals surface area contributed by atoms with Gasteiger partial charge in [-0.2, -0.15) is 0 Å². The Bertz CT molecular complexity index is 542. The third-order valence-corrected chi connectivity index (χ3v) is 2.31. The van der Waals surface area contributed by atoms with Gasteiger partial charge in [0.1, 0.15) is 5.82 Å². The average molecular weight is 217 g/mol. The van der Waals surface area contributed by atoms with Gasteiger partial charge in [0.05, 0.1) is 11.9 Å². The van der Waals surface area contributed by atoms with Crippen LogP contribution in [0.15, 0.2) is 6.20 Å². The summed E-state index contributed by atoms with van der Waals surface area (Å²) in [6, 6.07) is 0. The summed E-state index contributed by atoms with van der Waals surface area (Å²) in [5, 5.41) is 0. The Labute approximate surface area is 94.2 Å². The highest BCUT2D eigenvalue weighted by atomic mass is 15.0. The molecular formula is C11H15N5. The number of hydrogen-bond donors (Lipinski definition) is 1. The van der Waals surface area contributed by atoms with Crippen molar-refractivity contribution < 1.29 is 0 Å². The van der Waals surface area contributed by atoms with Crippen molar-refractivity contribution in [2.75, 3.05) is 5.73 Å². The van der Waals surface area contributed by atoms with Gasteiger partial charge >= 0.3 is 0 Å². The fourth-order valence-corrected chi connectivity index (χ4v) is 1.40. The van der Waals surface area contributed by atoms with Crippen molar-refractivity contribution in [3.05, 3.63) is 17.7 Å². The predicted octanol–water partition coefficient (Wildman–Crippen LogP) is 1.61. The summed E-state index contributed by atoms with van der Waals surface area (Å²) in [6.45, 7) is 8.02. The second-order valence-electron chi connectivity index (χ2n) is 4.83. The summed E-state index contributed by atoms with van der Waals surface area (Å²) in [6.07, 6.45) is 1.74. The van der Waals surface area contributed by atoms with Crippen LogP contribution in [-0.2, 0) is 5.41 Å². The first-order valence-electron chi connectivity index (χ1n) is 5.15. The summed E-state index contributed by atoms with van der Waals surface area (Å²) in [7, 11) is 0. The molecule has 2 heterocycles. The number of nitrogens with two attached hydrogens (primary N) is 1. The standard InChI is InChI=1S/C11H15N5/c1-6-14-9(12)8-10(15-6)13-5-7(16-8)11(2,3)4/h5H,1-4H3,(H2,12,13,14,15). The number of fused-ring (bicyclic) bond motifs is 1. The van der Waals surface area contributed by atoms with Crippen molar-refractivity contribution in [3.8, 4) is 0 Å². The summed E-state index contributed by atoms with van der Waals surface area (Å²) >= 11 is 0. The number of nitrogens with zero attached hydrogens (tertiary/aromatic N) is 4. The van der Waals surface area contributed by atoms with Crippen molar-refractivity contribution in [2.24, 2.45) is 0 Å². The van der Waals surface area contributed by atoms with E-state index >= 15 is 0 Å². The quantitative estimate of drug-likeness (QED) is 0.725. The highest BCUT2D eigenvalue weighted by Crippen LogP contribution is 2.22. The number of rotatable bonds is 0. The van der Waals surface area contributed by atoms with Gasteiger partial charge < -0.3 is 5.73 Å². The highest BCUT2D eigenvalue weighted by Gasteiger charge is 2.17. The Balaban J connectivity index is 2.72. The smallest absolute Gasteiger partial charge is 0.183 e. The maximum atomic E-state index is 5.82. The number of nitrogen functional groups attached to an aromatic ring is 1. The van der Waals surface area contributed by atoms with Gasteiger partial charge in [-0.05, 0) is 6.92 Å². The first kappa shape index (κ1) is 10.7. The van der Waals surface area contributed by atoms with Crippen LogP contribution in [0.5, 0.6) is 0 Å².